The number of carbonyl (C=O) groups excluding carboxylic acids is 1. The van der Waals surface area contributed by atoms with Gasteiger partial charge in [0.1, 0.15) is 5.82 Å². The van der Waals surface area contributed by atoms with Crippen molar-refractivity contribution in [1.29, 1.82) is 0 Å². The Kier molecular flexibility index (Phi) is 4.62. The van der Waals surface area contributed by atoms with Crippen molar-refractivity contribution in [3.8, 4) is 0 Å². The zero-order valence-corrected chi connectivity index (χ0v) is 13.2. The third-order valence-corrected chi connectivity index (χ3v) is 4.45. The second-order valence-electron chi connectivity index (χ2n) is 4.43. The molecule has 0 bridgehead atoms. The minimum absolute atomic E-state index is 0.197. The summed E-state index contributed by atoms with van der Waals surface area (Å²) in [6.45, 7) is 4.64. The van der Waals surface area contributed by atoms with Gasteiger partial charge in [-0.1, -0.05) is 11.6 Å². The molecule has 2 rings (SSSR count). The summed E-state index contributed by atoms with van der Waals surface area (Å²) in [6, 6.07) is 3.73. The van der Waals surface area contributed by atoms with E-state index in [1.165, 1.54) is 16.6 Å². The van der Waals surface area contributed by atoms with Crippen molar-refractivity contribution >= 4 is 34.7 Å². The zero-order chi connectivity index (χ0) is 14.7. The number of carbonyl (C=O) groups is 1. The van der Waals surface area contributed by atoms with E-state index in [2.05, 4.69) is 35.5 Å². The van der Waals surface area contributed by atoms with E-state index >= 15 is 0 Å². The molecule has 106 valence electrons. The fourth-order valence-corrected chi connectivity index (χ4v) is 2.93. The van der Waals surface area contributed by atoms with Gasteiger partial charge in [-0.25, -0.2) is 4.98 Å². The van der Waals surface area contributed by atoms with Crippen LogP contribution in [-0.2, 0) is 6.54 Å². The number of aryl methyl sites for hydroxylation is 2. The highest BCUT2D eigenvalue weighted by molar-refractivity contribution is 7.12. The molecule has 2 aromatic rings. The van der Waals surface area contributed by atoms with Crippen LogP contribution in [0.25, 0.3) is 0 Å². The predicted octanol–water partition coefficient (Wildman–Crippen LogP) is 3.39. The lowest BCUT2D eigenvalue weighted by molar-refractivity contribution is 0.0951. The summed E-state index contributed by atoms with van der Waals surface area (Å²) in [4.78, 5) is 18.6. The first-order valence-corrected chi connectivity index (χ1v) is 7.38. The van der Waals surface area contributed by atoms with Crippen LogP contribution in [0.1, 0.15) is 25.7 Å². The molecule has 0 atom stereocenters. The first kappa shape index (κ1) is 14.8. The Morgan fingerprint density at radius 2 is 2.15 bits per heavy atom. The van der Waals surface area contributed by atoms with E-state index in [1.54, 1.807) is 24.5 Å². The topological polar surface area (TPSA) is 54.0 Å². The van der Waals surface area contributed by atoms with E-state index in [-0.39, 0.29) is 5.91 Å². The standard InChI is InChI=1S/C14H16ClN3OS/c1-8-4-10(20-9(8)2)6-18-14(19)11-5-13(16-3)17-7-12(11)15/h4-5,7H,6H2,1-3H3,(H,16,17)(H,18,19). The van der Waals surface area contributed by atoms with Gasteiger partial charge in [-0.3, -0.25) is 4.79 Å². The molecule has 0 radical (unpaired) electrons. The Hall–Kier alpha value is -1.59. The second-order valence-corrected chi connectivity index (χ2v) is 6.18. The monoisotopic (exact) mass is 309 g/mol. The maximum absolute atomic E-state index is 12.2. The van der Waals surface area contributed by atoms with Crippen LogP contribution in [0.4, 0.5) is 5.82 Å². The van der Waals surface area contributed by atoms with Gasteiger partial charge in [0.15, 0.2) is 0 Å². The molecular weight excluding hydrogens is 294 g/mol. The summed E-state index contributed by atoms with van der Waals surface area (Å²) < 4.78 is 0. The Balaban J connectivity index is 2.08. The number of halogens is 1. The summed E-state index contributed by atoms with van der Waals surface area (Å²) >= 11 is 7.70. The molecule has 2 aromatic heterocycles. The fourth-order valence-electron chi connectivity index (χ4n) is 1.75. The molecule has 0 aromatic carbocycles. The van der Waals surface area contributed by atoms with Gasteiger partial charge in [-0.05, 0) is 31.5 Å². The van der Waals surface area contributed by atoms with Crippen LogP contribution in [0.2, 0.25) is 5.02 Å². The van der Waals surface area contributed by atoms with Crippen molar-refractivity contribution in [2.75, 3.05) is 12.4 Å². The van der Waals surface area contributed by atoms with Crippen molar-refractivity contribution < 1.29 is 4.79 Å². The average molecular weight is 310 g/mol. The van der Waals surface area contributed by atoms with Crippen molar-refractivity contribution in [2.45, 2.75) is 20.4 Å². The quantitative estimate of drug-likeness (QED) is 0.910. The lowest BCUT2D eigenvalue weighted by atomic mass is 10.2. The summed E-state index contributed by atoms with van der Waals surface area (Å²) in [6.07, 6.45) is 1.47. The third-order valence-electron chi connectivity index (χ3n) is 3.00. The molecule has 1 amide bonds. The molecule has 6 heteroatoms. The van der Waals surface area contributed by atoms with Crippen molar-refractivity contribution in [1.82, 2.24) is 10.3 Å². The molecule has 0 saturated heterocycles. The van der Waals surface area contributed by atoms with E-state index in [4.69, 9.17) is 11.6 Å². The summed E-state index contributed by atoms with van der Waals surface area (Å²) in [5.41, 5.74) is 1.68. The predicted molar refractivity (Wildman–Crippen MR) is 83.8 cm³/mol. The van der Waals surface area contributed by atoms with E-state index in [9.17, 15) is 4.79 Å². The van der Waals surface area contributed by atoms with Crippen molar-refractivity contribution in [2.24, 2.45) is 0 Å². The van der Waals surface area contributed by atoms with E-state index in [0.29, 0.717) is 22.9 Å². The van der Waals surface area contributed by atoms with Crippen LogP contribution >= 0.6 is 22.9 Å². The highest BCUT2D eigenvalue weighted by Gasteiger charge is 2.12. The van der Waals surface area contributed by atoms with Gasteiger partial charge in [0, 0.05) is 23.0 Å². The Morgan fingerprint density at radius 3 is 2.75 bits per heavy atom. The molecule has 0 fully saturated rings. The Morgan fingerprint density at radius 1 is 1.40 bits per heavy atom. The molecular formula is C14H16ClN3OS. The highest BCUT2D eigenvalue weighted by Crippen LogP contribution is 2.21. The van der Waals surface area contributed by atoms with Gasteiger partial charge in [0.2, 0.25) is 0 Å². The molecule has 0 aliphatic heterocycles. The number of anilines is 1. The first-order valence-electron chi connectivity index (χ1n) is 6.18. The van der Waals surface area contributed by atoms with Crippen LogP contribution in [0.3, 0.4) is 0 Å². The number of nitrogens with one attached hydrogen (secondary N) is 2. The number of hydrogen-bond acceptors (Lipinski definition) is 4. The van der Waals surface area contributed by atoms with Gasteiger partial charge in [-0.15, -0.1) is 11.3 Å². The number of aromatic nitrogens is 1. The molecule has 2 N–H and O–H groups in total. The lowest BCUT2D eigenvalue weighted by Crippen LogP contribution is -2.23. The van der Waals surface area contributed by atoms with E-state index in [0.717, 1.165) is 4.88 Å². The zero-order valence-electron chi connectivity index (χ0n) is 11.6. The minimum Gasteiger partial charge on any atom is -0.373 e. The Bertz CT molecular complexity index is 620. The third kappa shape index (κ3) is 3.29. The largest absolute Gasteiger partial charge is 0.373 e. The van der Waals surface area contributed by atoms with Gasteiger partial charge in [-0.2, -0.15) is 0 Å². The number of pyridine rings is 1. The van der Waals surface area contributed by atoms with Gasteiger partial charge >= 0.3 is 0 Å². The highest BCUT2D eigenvalue weighted by atomic mass is 35.5. The average Bonchev–Trinajstić information content (AvgIpc) is 2.76. The molecule has 4 nitrogen and oxygen atoms in total. The van der Waals surface area contributed by atoms with Crippen molar-refractivity contribution in [3.63, 3.8) is 0 Å². The molecule has 0 aliphatic carbocycles. The molecule has 0 unspecified atom stereocenters. The number of thiophene rings is 1. The smallest absolute Gasteiger partial charge is 0.253 e. The number of hydrogen-bond donors (Lipinski definition) is 2. The lowest BCUT2D eigenvalue weighted by Gasteiger charge is -2.07. The minimum atomic E-state index is -0.197. The summed E-state index contributed by atoms with van der Waals surface area (Å²) in [5, 5.41) is 6.11. The fraction of sp³-hybridized carbons (Fsp3) is 0.286. The molecule has 0 saturated carbocycles. The SMILES string of the molecule is CNc1cc(C(=O)NCc2cc(C)c(C)s2)c(Cl)cn1. The number of nitrogens with zero attached hydrogens (tertiary/aromatic N) is 1. The van der Waals surface area contributed by atoms with Crippen molar-refractivity contribution in [3.05, 3.63) is 44.2 Å². The maximum atomic E-state index is 12.2. The van der Waals surface area contributed by atoms with Crippen LogP contribution in [0.15, 0.2) is 18.3 Å². The van der Waals surface area contributed by atoms with Crippen LogP contribution in [0.5, 0.6) is 0 Å². The summed E-state index contributed by atoms with van der Waals surface area (Å²) in [5.74, 6) is 0.417. The van der Waals surface area contributed by atoms with Gasteiger partial charge in [0.25, 0.3) is 5.91 Å². The Labute approximate surface area is 127 Å². The van der Waals surface area contributed by atoms with Crippen LogP contribution in [0, 0.1) is 13.8 Å². The van der Waals surface area contributed by atoms with E-state index < -0.39 is 0 Å². The molecule has 20 heavy (non-hydrogen) atoms. The normalized spacial score (nSPS) is 10.4. The number of rotatable bonds is 4. The molecule has 0 spiro atoms. The molecule has 2 heterocycles. The number of amides is 1. The van der Waals surface area contributed by atoms with Crippen LogP contribution < -0.4 is 10.6 Å². The van der Waals surface area contributed by atoms with Crippen LogP contribution in [-0.4, -0.2) is 17.9 Å². The molecule has 0 aliphatic rings. The second kappa shape index (κ2) is 6.24. The maximum Gasteiger partial charge on any atom is 0.253 e. The van der Waals surface area contributed by atoms with E-state index in [1.807, 2.05) is 0 Å². The first-order chi connectivity index (χ1) is 9.51. The van der Waals surface area contributed by atoms with Gasteiger partial charge in [0.05, 0.1) is 17.1 Å². The van der Waals surface area contributed by atoms with Gasteiger partial charge < -0.3 is 10.6 Å². The summed E-state index contributed by atoms with van der Waals surface area (Å²) in [7, 11) is 1.75.